The fourth-order valence-corrected chi connectivity index (χ4v) is 5.08. The highest BCUT2D eigenvalue weighted by Gasteiger charge is 2.43. The number of hydrogen-bond donors (Lipinski definition) is 2. The van der Waals surface area contributed by atoms with Gasteiger partial charge in [-0.05, 0) is 35.4 Å². The van der Waals surface area contributed by atoms with Crippen LogP contribution < -0.4 is 15.5 Å². The molecule has 180 valence electrons. The van der Waals surface area contributed by atoms with Crippen LogP contribution >= 0.6 is 0 Å². The van der Waals surface area contributed by atoms with E-state index >= 15 is 0 Å². The molecule has 3 aromatic rings. The van der Waals surface area contributed by atoms with Crippen molar-refractivity contribution >= 4 is 34.8 Å². The fourth-order valence-electron chi connectivity index (χ4n) is 5.08. The van der Waals surface area contributed by atoms with Crippen LogP contribution in [0.2, 0.25) is 0 Å². The largest absolute Gasteiger partial charge is 0.477 e. The number of benzene rings is 2. The molecule has 2 amide bonds. The molecular weight excluding hydrogens is 446 g/mol. The van der Waals surface area contributed by atoms with E-state index < -0.39 is 11.9 Å². The molecule has 0 spiro atoms. The second-order valence-electron chi connectivity index (χ2n) is 9.87. The number of nitrogens with zero attached hydrogens (tertiary/aromatic N) is 4. The van der Waals surface area contributed by atoms with Crippen LogP contribution in [0.1, 0.15) is 41.9 Å². The van der Waals surface area contributed by atoms with Crippen LogP contribution in [0.5, 0.6) is 0 Å². The number of nitrogen functional groups attached to an aromatic ring is 1. The molecule has 3 N–H and O–H groups in total. The quantitative estimate of drug-likeness (QED) is 0.550. The topological polar surface area (TPSA) is 122 Å². The first-order valence-corrected chi connectivity index (χ1v) is 11.5. The van der Waals surface area contributed by atoms with Gasteiger partial charge in [-0.15, -0.1) is 0 Å². The van der Waals surface area contributed by atoms with Crippen LogP contribution in [0.3, 0.4) is 0 Å². The summed E-state index contributed by atoms with van der Waals surface area (Å²) in [6.45, 7) is 5.37. The van der Waals surface area contributed by atoms with Crippen molar-refractivity contribution in [3.8, 4) is 0 Å². The molecule has 1 saturated heterocycles. The summed E-state index contributed by atoms with van der Waals surface area (Å²) in [5, 5.41) is 9.36. The van der Waals surface area contributed by atoms with Crippen molar-refractivity contribution in [3.63, 3.8) is 0 Å². The second-order valence-corrected chi connectivity index (χ2v) is 9.87. The molecule has 3 heterocycles. The number of carbonyl (C=O) groups excluding carboxylic acids is 2. The normalized spacial score (nSPS) is 18.7. The Hall–Kier alpha value is -4.14. The van der Waals surface area contributed by atoms with Gasteiger partial charge in [0.2, 0.25) is 11.8 Å². The number of rotatable bonds is 5. The van der Waals surface area contributed by atoms with Gasteiger partial charge < -0.3 is 25.2 Å². The van der Waals surface area contributed by atoms with E-state index in [2.05, 4.69) is 18.8 Å². The van der Waals surface area contributed by atoms with Crippen molar-refractivity contribution in [3.05, 3.63) is 71.8 Å². The summed E-state index contributed by atoms with van der Waals surface area (Å²) >= 11 is 0. The Morgan fingerprint density at radius 3 is 2.74 bits per heavy atom. The molecule has 35 heavy (non-hydrogen) atoms. The van der Waals surface area contributed by atoms with E-state index in [9.17, 15) is 19.5 Å². The van der Waals surface area contributed by atoms with E-state index in [1.165, 1.54) is 12.5 Å². The van der Waals surface area contributed by atoms with Gasteiger partial charge in [-0.1, -0.05) is 32.0 Å². The number of nitrogens with two attached hydrogens (primary N) is 1. The molecule has 0 saturated carbocycles. The Morgan fingerprint density at radius 1 is 1.20 bits per heavy atom. The molecule has 1 unspecified atom stereocenters. The third kappa shape index (κ3) is 4.03. The van der Waals surface area contributed by atoms with Crippen molar-refractivity contribution in [2.45, 2.75) is 32.2 Å². The lowest BCUT2D eigenvalue weighted by atomic mass is 9.86. The zero-order valence-corrected chi connectivity index (χ0v) is 19.6. The van der Waals surface area contributed by atoms with E-state index in [-0.39, 0.29) is 29.3 Å². The maximum atomic E-state index is 13.6. The van der Waals surface area contributed by atoms with Crippen LogP contribution in [0.4, 0.5) is 17.1 Å². The van der Waals surface area contributed by atoms with Gasteiger partial charge in [0.15, 0.2) is 0 Å². The maximum absolute atomic E-state index is 13.6. The molecule has 9 heteroatoms. The highest BCUT2D eigenvalue weighted by atomic mass is 16.4. The zero-order chi connectivity index (χ0) is 24.9. The average molecular weight is 474 g/mol. The summed E-state index contributed by atoms with van der Waals surface area (Å²) in [6.07, 6.45) is 2.99. The SMILES string of the molecule is CC1(C)CN(C(=O)C2CC(=O)N(c3cccc(N)c3)C2)c2ccc(Cn3cncc3C(=O)O)cc21. The fraction of sp³-hybridized carbons (Fsp3) is 0.308. The minimum Gasteiger partial charge on any atom is -0.477 e. The first-order chi connectivity index (χ1) is 16.6. The Morgan fingerprint density at radius 2 is 2.00 bits per heavy atom. The van der Waals surface area contributed by atoms with E-state index in [0.29, 0.717) is 31.0 Å². The number of fused-ring (bicyclic) bond motifs is 1. The summed E-state index contributed by atoms with van der Waals surface area (Å²) in [5.41, 5.74) is 9.78. The molecule has 5 rings (SSSR count). The standard InChI is InChI=1S/C26H27N5O4/c1-26(2)14-31(24(33)17-9-23(32)30(13-17)19-5-3-4-18(27)10-19)21-7-6-16(8-20(21)26)12-29-15-28-11-22(29)25(34)35/h3-8,10-11,15,17H,9,12-14,27H2,1-2H3,(H,34,35). The Kier molecular flexibility index (Phi) is 5.35. The number of aromatic nitrogens is 2. The van der Waals surface area contributed by atoms with Crippen LogP contribution in [0.15, 0.2) is 55.0 Å². The van der Waals surface area contributed by atoms with E-state index in [1.54, 1.807) is 32.6 Å². The van der Waals surface area contributed by atoms with E-state index in [4.69, 9.17) is 5.73 Å². The van der Waals surface area contributed by atoms with Crippen molar-refractivity contribution in [1.29, 1.82) is 0 Å². The van der Waals surface area contributed by atoms with Gasteiger partial charge in [-0.3, -0.25) is 9.59 Å². The number of carboxylic acid groups (broad SMARTS) is 1. The van der Waals surface area contributed by atoms with Crippen molar-refractivity contribution in [2.24, 2.45) is 5.92 Å². The van der Waals surface area contributed by atoms with Crippen LogP contribution in [0.25, 0.3) is 0 Å². The lowest BCUT2D eigenvalue weighted by Crippen LogP contribution is -2.39. The minimum absolute atomic E-state index is 0.0629. The summed E-state index contributed by atoms with van der Waals surface area (Å²) in [5.74, 6) is -1.61. The number of carboxylic acids is 1. The second kappa shape index (κ2) is 8.26. The first kappa shape index (κ1) is 22.6. The van der Waals surface area contributed by atoms with Crippen molar-refractivity contribution in [2.75, 3.05) is 28.6 Å². The van der Waals surface area contributed by atoms with E-state index in [0.717, 1.165) is 16.8 Å². The first-order valence-electron chi connectivity index (χ1n) is 11.5. The average Bonchev–Trinajstić information content (AvgIpc) is 3.50. The number of hydrogen-bond acceptors (Lipinski definition) is 5. The molecule has 0 radical (unpaired) electrons. The Balaban J connectivity index is 1.38. The van der Waals surface area contributed by atoms with Crippen LogP contribution in [-0.2, 0) is 21.5 Å². The molecule has 2 aliphatic heterocycles. The lowest BCUT2D eigenvalue weighted by molar-refractivity contribution is -0.124. The highest BCUT2D eigenvalue weighted by molar-refractivity contribution is 6.05. The van der Waals surface area contributed by atoms with Gasteiger partial charge in [0.1, 0.15) is 5.69 Å². The molecule has 1 aromatic heterocycles. The number of aromatic carboxylic acids is 1. The summed E-state index contributed by atoms with van der Waals surface area (Å²) in [7, 11) is 0. The number of anilines is 3. The molecule has 9 nitrogen and oxygen atoms in total. The molecule has 1 fully saturated rings. The van der Waals surface area contributed by atoms with Gasteiger partial charge in [-0.25, -0.2) is 9.78 Å². The smallest absolute Gasteiger partial charge is 0.354 e. The molecule has 0 bridgehead atoms. The minimum atomic E-state index is -1.03. The van der Waals surface area contributed by atoms with Crippen molar-refractivity contribution in [1.82, 2.24) is 9.55 Å². The molecule has 1 atom stereocenters. The van der Waals surface area contributed by atoms with Gasteiger partial charge in [0, 0.05) is 48.5 Å². The predicted molar refractivity (Wildman–Crippen MR) is 131 cm³/mol. The Labute approximate surface area is 202 Å². The zero-order valence-electron chi connectivity index (χ0n) is 19.6. The molecule has 2 aliphatic rings. The number of carbonyl (C=O) groups is 3. The molecular formula is C26H27N5O4. The van der Waals surface area contributed by atoms with Crippen LogP contribution in [-0.4, -0.2) is 45.5 Å². The summed E-state index contributed by atoms with van der Waals surface area (Å²) in [4.78, 5) is 45.1. The monoisotopic (exact) mass is 473 g/mol. The molecule has 0 aliphatic carbocycles. The van der Waals surface area contributed by atoms with Gasteiger partial charge in [0.05, 0.1) is 18.4 Å². The van der Waals surface area contributed by atoms with Gasteiger partial charge in [0.25, 0.3) is 0 Å². The third-order valence-electron chi connectivity index (χ3n) is 6.84. The van der Waals surface area contributed by atoms with Crippen molar-refractivity contribution < 1.29 is 19.5 Å². The Bertz CT molecular complexity index is 1350. The van der Waals surface area contributed by atoms with Crippen LogP contribution in [0, 0.1) is 5.92 Å². The lowest BCUT2D eigenvalue weighted by Gasteiger charge is -2.23. The number of amides is 2. The highest BCUT2D eigenvalue weighted by Crippen LogP contribution is 2.42. The van der Waals surface area contributed by atoms with Gasteiger partial charge in [-0.2, -0.15) is 0 Å². The number of imidazole rings is 1. The van der Waals surface area contributed by atoms with E-state index in [1.807, 2.05) is 24.3 Å². The predicted octanol–water partition coefficient (Wildman–Crippen LogP) is 2.89. The van der Waals surface area contributed by atoms with Gasteiger partial charge >= 0.3 is 5.97 Å². The summed E-state index contributed by atoms with van der Waals surface area (Å²) in [6, 6.07) is 13.0. The summed E-state index contributed by atoms with van der Waals surface area (Å²) < 4.78 is 1.59. The molecule has 2 aromatic carbocycles. The maximum Gasteiger partial charge on any atom is 0.354 e. The third-order valence-corrected chi connectivity index (χ3v) is 6.84.